The average molecular weight is 783 g/mol. The number of carbonyl (C=O) groups is 4. The van der Waals surface area contributed by atoms with Gasteiger partial charge in [0.05, 0.1) is 41.4 Å². The number of anilines is 2. The van der Waals surface area contributed by atoms with E-state index in [1.165, 1.54) is 24.2 Å². The van der Waals surface area contributed by atoms with Crippen LogP contribution in [0.4, 0.5) is 22.7 Å². The quantitative estimate of drug-likeness (QED) is 0.0946. The summed E-state index contributed by atoms with van der Waals surface area (Å²) in [5, 5.41) is 19.4. The van der Waals surface area contributed by atoms with Gasteiger partial charge in [-0.3, -0.25) is 24.1 Å². The fourth-order valence-electron chi connectivity index (χ4n) is 9.98. The Balaban J connectivity index is 1.12. The lowest BCUT2D eigenvalue weighted by atomic mass is 9.44. The number of Topliss-reactive ketones (excluding diaryl/α,β-unsaturated/α-hetero) is 1. The zero-order chi connectivity index (χ0) is 41.0. The van der Waals surface area contributed by atoms with Gasteiger partial charge in [0.1, 0.15) is 0 Å². The average Bonchev–Trinajstić information content (AvgIpc) is 3.53. The molecule has 2 fully saturated rings. The first kappa shape index (κ1) is 37.6. The maximum absolute atomic E-state index is 15.3. The zero-order valence-corrected chi connectivity index (χ0v) is 32.9. The highest BCUT2D eigenvalue weighted by atomic mass is 16.5. The third-order valence-electron chi connectivity index (χ3n) is 12.7. The van der Waals surface area contributed by atoms with Gasteiger partial charge in [0.2, 0.25) is 11.8 Å². The van der Waals surface area contributed by atoms with E-state index < -0.39 is 35.0 Å². The predicted octanol–water partition coefficient (Wildman–Crippen LogP) is 8.91. The number of ether oxygens (including phenoxy) is 1. The number of imide groups is 1. The smallest absolute Gasteiger partial charge is 0.238 e. The first-order valence-corrected chi connectivity index (χ1v) is 19.8. The number of benzene rings is 5. The Hall–Kier alpha value is -6.94. The van der Waals surface area contributed by atoms with E-state index >= 15 is 9.59 Å². The molecule has 294 valence electrons. The Kier molecular flexibility index (Phi) is 9.42. The van der Waals surface area contributed by atoms with Gasteiger partial charge in [-0.1, -0.05) is 78.4 Å². The van der Waals surface area contributed by atoms with Crippen LogP contribution in [0.2, 0.25) is 0 Å². The highest BCUT2D eigenvalue weighted by Crippen LogP contribution is 2.64. The number of methoxy groups -OCH3 is 1. The van der Waals surface area contributed by atoms with Crippen molar-refractivity contribution in [3.05, 3.63) is 162 Å². The molecule has 0 unspecified atom stereocenters. The van der Waals surface area contributed by atoms with E-state index in [4.69, 9.17) is 4.74 Å². The Morgan fingerprint density at radius 1 is 0.763 bits per heavy atom. The van der Waals surface area contributed by atoms with Gasteiger partial charge in [-0.15, -0.1) is 0 Å². The molecule has 0 spiro atoms. The lowest BCUT2D eigenvalue weighted by molar-refractivity contribution is -0.135. The molecule has 1 saturated heterocycles. The number of fused-ring (bicyclic) bond motifs is 4. The molecule has 0 aromatic heterocycles. The van der Waals surface area contributed by atoms with Crippen LogP contribution in [0.15, 0.2) is 155 Å². The number of phenolic OH excluding ortho intramolecular Hbond substituents is 1. The molecule has 3 aliphatic carbocycles. The summed E-state index contributed by atoms with van der Waals surface area (Å²) < 4.78 is 5.58. The highest BCUT2D eigenvalue weighted by molar-refractivity contribution is 6.32. The van der Waals surface area contributed by atoms with Crippen LogP contribution in [0.5, 0.6) is 11.5 Å². The van der Waals surface area contributed by atoms with Gasteiger partial charge in [-0.2, -0.15) is 10.2 Å². The second kappa shape index (κ2) is 14.8. The molecule has 0 radical (unpaired) electrons. The van der Waals surface area contributed by atoms with Crippen molar-refractivity contribution < 1.29 is 29.0 Å². The largest absolute Gasteiger partial charge is 0.504 e. The number of nitrogens with zero attached hydrogens (tertiary/aromatic N) is 4. The SMILES string of the molecule is COc1cc([C@H]2C3=CC[C@@H]4C(=O)N(c5ccc(N=Nc6ccc(N(C)C)cc6)cc5)C(=O)[C@@H]4[C@@H]3C[C@H]3C(=O)C(c4ccccc4)=CC(=O)[C@@]23c2ccccc2)ccc1O. The van der Waals surface area contributed by atoms with E-state index in [2.05, 4.69) is 10.2 Å². The molecule has 5 aromatic rings. The van der Waals surface area contributed by atoms with Crippen molar-refractivity contribution in [3.63, 3.8) is 0 Å². The lowest BCUT2D eigenvalue weighted by Gasteiger charge is -2.55. The first-order valence-electron chi connectivity index (χ1n) is 19.8. The minimum Gasteiger partial charge on any atom is -0.504 e. The lowest BCUT2D eigenvalue weighted by Crippen LogP contribution is -2.58. The van der Waals surface area contributed by atoms with Gasteiger partial charge in [0, 0.05) is 37.2 Å². The standard InChI is InChI=1S/C49H42N4O6/c1-52(2)34-19-15-32(16-20-34)50-51-33-17-21-35(22-18-33)53-47(57)37-24-23-36-39(44(37)48(53)58)27-40-46(56)38(29-10-6-4-7-11-29)28-43(55)49(40,31-12-8-5-9-13-31)45(36)30-14-25-41(54)42(26-30)59-3/h4-23,25-26,28,37,39-40,44-45,54H,24,27H2,1-3H3/t37-,39+,40-,44-,45-,49-/m0/s1. The van der Waals surface area contributed by atoms with Crippen molar-refractivity contribution in [3.8, 4) is 11.5 Å². The van der Waals surface area contributed by atoms with Gasteiger partial charge < -0.3 is 14.7 Å². The van der Waals surface area contributed by atoms with Crippen LogP contribution >= 0.6 is 0 Å². The van der Waals surface area contributed by atoms with Crippen molar-refractivity contribution >= 4 is 51.7 Å². The maximum Gasteiger partial charge on any atom is 0.238 e. The molecule has 2 amide bonds. The van der Waals surface area contributed by atoms with Crippen LogP contribution in [0.25, 0.3) is 5.57 Å². The van der Waals surface area contributed by atoms with Gasteiger partial charge >= 0.3 is 0 Å². The molecule has 9 rings (SSSR count). The molecule has 1 N–H and O–H groups in total. The third kappa shape index (κ3) is 6.09. The molecule has 1 saturated carbocycles. The van der Waals surface area contributed by atoms with E-state index in [0.29, 0.717) is 39.3 Å². The number of aromatic hydroxyl groups is 1. The first-order chi connectivity index (χ1) is 28.6. The monoisotopic (exact) mass is 782 g/mol. The number of rotatable bonds is 8. The number of azo groups is 1. The highest BCUT2D eigenvalue weighted by Gasteiger charge is 2.66. The number of amides is 2. The van der Waals surface area contributed by atoms with Crippen LogP contribution in [0.3, 0.4) is 0 Å². The second-order valence-electron chi connectivity index (χ2n) is 15.9. The molecule has 1 aliphatic heterocycles. The number of carbonyl (C=O) groups excluding carboxylic acids is 4. The molecule has 0 bridgehead atoms. The van der Waals surface area contributed by atoms with Crippen molar-refractivity contribution in [2.45, 2.75) is 24.2 Å². The zero-order valence-electron chi connectivity index (χ0n) is 32.9. The molecule has 6 atom stereocenters. The second-order valence-corrected chi connectivity index (χ2v) is 15.9. The van der Waals surface area contributed by atoms with E-state index in [1.807, 2.05) is 110 Å². The number of ketones is 2. The van der Waals surface area contributed by atoms with Crippen molar-refractivity contribution in [2.75, 3.05) is 31.0 Å². The minimum atomic E-state index is -1.39. The normalized spacial score (nSPS) is 24.9. The summed E-state index contributed by atoms with van der Waals surface area (Å²) in [7, 11) is 5.40. The van der Waals surface area contributed by atoms with Gasteiger partial charge in [-0.05, 0) is 102 Å². The van der Waals surface area contributed by atoms with E-state index in [1.54, 1.807) is 36.4 Å². The molecule has 5 aromatic carbocycles. The summed E-state index contributed by atoms with van der Waals surface area (Å²) in [4.78, 5) is 62.9. The number of hydrogen-bond donors (Lipinski definition) is 1. The molecular formula is C49H42N4O6. The summed E-state index contributed by atoms with van der Waals surface area (Å²) in [6, 6.07) is 38.2. The van der Waals surface area contributed by atoms with Gasteiger partial charge in [-0.25, -0.2) is 0 Å². The number of hydrogen-bond acceptors (Lipinski definition) is 9. The fraction of sp³-hybridized carbons (Fsp3) is 0.224. The minimum absolute atomic E-state index is 0.0673. The predicted molar refractivity (Wildman–Crippen MR) is 225 cm³/mol. The Labute approximate surface area is 342 Å². The third-order valence-corrected chi connectivity index (χ3v) is 12.7. The van der Waals surface area contributed by atoms with Crippen molar-refractivity contribution in [2.24, 2.45) is 33.9 Å². The van der Waals surface area contributed by atoms with Crippen molar-refractivity contribution in [1.82, 2.24) is 0 Å². The molecule has 1 heterocycles. The van der Waals surface area contributed by atoms with E-state index in [9.17, 15) is 14.7 Å². The Morgan fingerprint density at radius 3 is 2.05 bits per heavy atom. The summed E-state index contributed by atoms with van der Waals surface area (Å²) in [5.74, 6) is -4.47. The van der Waals surface area contributed by atoms with E-state index in [0.717, 1.165) is 11.3 Å². The molecule has 59 heavy (non-hydrogen) atoms. The van der Waals surface area contributed by atoms with Crippen LogP contribution < -0.4 is 14.5 Å². The summed E-state index contributed by atoms with van der Waals surface area (Å²) in [6.45, 7) is 0. The Bertz CT molecular complexity index is 2580. The van der Waals surface area contributed by atoms with Crippen LogP contribution in [-0.4, -0.2) is 49.7 Å². The van der Waals surface area contributed by atoms with E-state index in [-0.39, 0.29) is 47.7 Å². The molecular weight excluding hydrogens is 741 g/mol. The molecule has 10 heteroatoms. The van der Waals surface area contributed by atoms with Crippen LogP contribution in [0, 0.1) is 23.7 Å². The Morgan fingerprint density at radius 2 is 1.41 bits per heavy atom. The van der Waals surface area contributed by atoms with Crippen LogP contribution in [0.1, 0.15) is 35.4 Å². The summed E-state index contributed by atoms with van der Waals surface area (Å²) in [6.07, 6.45) is 3.98. The van der Waals surface area contributed by atoms with Gasteiger partial charge in [0.25, 0.3) is 0 Å². The maximum atomic E-state index is 15.3. The van der Waals surface area contributed by atoms with Crippen LogP contribution in [-0.2, 0) is 24.6 Å². The fourth-order valence-corrected chi connectivity index (χ4v) is 9.98. The summed E-state index contributed by atoms with van der Waals surface area (Å²) >= 11 is 0. The van der Waals surface area contributed by atoms with Crippen molar-refractivity contribution in [1.29, 1.82) is 0 Å². The molecule has 4 aliphatic rings. The number of phenols is 1. The molecule has 10 nitrogen and oxygen atoms in total. The van der Waals surface area contributed by atoms with Gasteiger partial charge in [0.15, 0.2) is 23.1 Å². The number of allylic oxidation sites excluding steroid dienone is 4. The topological polar surface area (TPSA) is 129 Å². The summed E-state index contributed by atoms with van der Waals surface area (Å²) in [5.41, 5.74) is 4.47.